The highest BCUT2D eigenvalue weighted by atomic mass is 19.4. The molecule has 4 aromatic rings. The maximum Gasteiger partial charge on any atom is 0.411 e. The first-order valence-electron chi connectivity index (χ1n) is 11.0. The SMILES string of the molecule is Nc1cccc(Nc2ccccc2C(c2ccccc2Nc2cccc(N)c2)(C(F)(F)F)C(F)(F)F)c1. The minimum atomic E-state index is -5.79. The van der Waals surface area contributed by atoms with Crippen LogP contribution in [0.5, 0.6) is 0 Å². The van der Waals surface area contributed by atoms with Crippen LogP contribution in [0, 0.1) is 0 Å². The Labute approximate surface area is 208 Å². The Morgan fingerprint density at radius 2 is 0.865 bits per heavy atom. The lowest BCUT2D eigenvalue weighted by molar-refractivity contribution is -0.288. The molecule has 0 aromatic heterocycles. The molecule has 0 radical (unpaired) electrons. The zero-order valence-corrected chi connectivity index (χ0v) is 19.2. The zero-order valence-electron chi connectivity index (χ0n) is 19.2. The molecule has 10 heteroatoms. The van der Waals surface area contributed by atoms with Crippen molar-refractivity contribution in [2.75, 3.05) is 22.1 Å². The summed E-state index contributed by atoms with van der Waals surface area (Å²) in [7, 11) is 0. The molecule has 0 amide bonds. The van der Waals surface area contributed by atoms with Gasteiger partial charge in [-0.25, -0.2) is 0 Å². The molecule has 0 fully saturated rings. The molecule has 4 aromatic carbocycles. The molecule has 6 N–H and O–H groups in total. The summed E-state index contributed by atoms with van der Waals surface area (Å²) in [5, 5.41) is 5.38. The van der Waals surface area contributed by atoms with E-state index in [1.54, 1.807) is 12.1 Å². The van der Waals surface area contributed by atoms with Crippen LogP contribution in [0.2, 0.25) is 0 Å². The highest BCUT2D eigenvalue weighted by Crippen LogP contribution is 2.59. The Morgan fingerprint density at radius 1 is 0.486 bits per heavy atom. The minimum Gasteiger partial charge on any atom is -0.399 e. The predicted molar refractivity (Wildman–Crippen MR) is 134 cm³/mol. The first kappa shape index (κ1) is 25.7. The molecule has 0 atom stereocenters. The molecule has 0 saturated carbocycles. The number of rotatable bonds is 6. The molecule has 0 saturated heterocycles. The average Bonchev–Trinajstić information content (AvgIpc) is 2.80. The molecule has 37 heavy (non-hydrogen) atoms. The van der Waals surface area contributed by atoms with Gasteiger partial charge in [-0.3, -0.25) is 0 Å². The van der Waals surface area contributed by atoms with Crippen LogP contribution in [-0.4, -0.2) is 12.4 Å². The number of nitrogens with one attached hydrogen (secondary N) is 2. The lowest BCUT2D eigenvalue weighted by Crippen LogP contribution is -2.55. The van der Waals surface area contributed by atoms with Crippen LogP contribution in [0.25, 0.3) is 0 Å². The van der Waals surface area contributed by atoms with Gasteiger partial charge < -0.3 is 22.1 Å². The summed E-state index contributed by atoms with van der Waals surface area (Å²) in [4.78, 5) is 0. The molecular weight excluding hydrogens is 494 g/mol. The summed E-state index contributed by atoms with van der Waals surface area (Å²) >= 11 is 0. The van der Waals surface area contributed by atoms with Crippen molar-refractivity contribution in [3.8, 4) is 0 Å². The van der Waals surface area contributed by atoms with Crippen LogP contribution in [0.15, 0.2) is 97.1 Å². The van der Waals surface area contributed by atoms with Gasteiger partial charge in [-0.1, -0.05) is 48.5 Å². The molecule has 0 bridgehead atoms. The summed E-state index contributed by atoms with van der Waals surface area (Å²) in [5.41, 5.74) is 5.38. The summed E-state index contributed by atoms with van der Waals surface area (Å²) in [6, 6.07) is 20.9. The predicted octanol–water partition coefficient (Wildman–Crippen LogP) is 7.75. The van der Waals surface area contributed by atoms with Crippen molar-refractivity contribution in [3.05, 3.63) is 108 Å². The monoisotopic (exact) mass is 516 g/mol. The van der Waals surface area contributed by atoms with Crippen LogP contribution in [0.3, 0.4) is 0 Å². The molecule has 4 nitrogen and oxygen atoms in total. The third kappa shape index (κ3) is 4.87. The van der Waals surface area contributed by atoms with Crippen molar-refractivity contribution in [3.63, 3.8) is 0 Å². The van der Waals surface area contributed by atoms with E-state index < -0.39 is 28.9 Å². The molecule has 0 aliphatic heterocycles. The topological polar surface area (TPSA) is 76.1 Å². The van der Waals surface area contributed by atoms with Crippen LogP contribution >= 0.6 is 0 Å². The largest absolute Gasteiger partial charge is 0.411 e. The van der Waals surface area contributed by atoms with E-state index in [1.165, 1.54) is 60.7 Å². The maximum absolute atomic E-state index is 15.0. The minimum absolute atomic E-state index is 0.233. The lowest BCUT2D eigenvalue weighted by atomic mass is 9.71. The van der Waals surface area contributed by atoms with Gasteiger partial charge in [-0.15, -0.1) is 0 Å². The van der Waals surface area contributed by atoms with Crippen molar-refractivity contribution in [2.45, 2.75) is 17.8 Å². The second kappa shape index (κ2) is 9.61. The van der Waals surface area contributed by atoms with Crippen LogP contribution in [0.1, 0.15) is 11.1 Å². The van der Waals surface area contributed by atoms with Crippen molar-refractivity contribution in [1.29, 1.82) is 0 Å². The van der Waals surface area contributed by atoms with Crippen molar-refractivity contribution in [2.24, 2.45) is 0 Å². The van der Waals surface area contributed by atoms with Gasteiger partial charge in [-0.2, -0.15) is 26.3 Å². The number of alkyl halides is 6. The Morgan fingerprint density at radius 3 is 1.22 bits per heavy atom. The number of halogens is 6. The number of hydrogen-bond donors (Lipinski definition) is 4. The fourth-order valence-corrected chi connectivity index (χ4v) is 4.30. The summed E-state index contributed by atoms with van der Waals surface area (Å²) < 4.78 is 90.0. The molecule has 0 unspecified atom stereocenters. The molecule has 0 heterocycles. The average molecular weight is 516 g/mol. The van der Waals surface area contributed by atoms with E-state index >= 15 is 0 Å². The van der Waals surface area contributed by atoms with Gasteiger partial charge in [0.05, 0.1) is 0 Å². The number of hydrogen-bond acceptors (Lipinski definition) is 4. The van der Waals surface area contributed by atoms with Gasteiger partial charge in [0.15, 0.2) is 0 Å². The second-order valence-electron chi connectivity index (χ2n) is 8.34. The smallest absolute Gasteiger partial charge is 0.399 e. The number of para-hydroxylation sites is 2. The normalized spacial score (nSPS) is 12.3. The highest BCUT2D eigenvalue weighted by molar-refractivity contribution is 5.74. The Kier molecular flexibility index (Phi) is 6.68. The van der Waals surface area contributed by atoms with Crippen LogP contribution in [-0.2, 0) is 5.41 Å². The van der Waals surface area contributed by atoms with Crippen molar-refractivity contribution in [1.82, 2.24) is 0 Å². The van der Waals surface area contributed by atoms with E-state index in [0.29, 0.717) is 0 Å². The van der Waals surface area contributed by atoms with E-state index in [-0.39, 0.29) is 34.1 Å². The maximum atomic E-state index is 15.0. The van der Waals surface area contributed by atoms with Crippen molar-refractivity contribution >= 4 is 34.1 Å². The first-order valence-corrected chi connectivity index (χ1v) is 11.0. The first-order chi connectivity index (χ1) is 17.4. The Hall–Kier alpha value is -4.34. The van der Waals surface area contributed by atoms with Crippen molar-refractivity contribution < 1.29 is 26.3 Å². The standard InChI is InChI=1S/C27H22F6N4/c28-26(29,30)25(27(31,32)33,21-11-1-3-13-23(21)36-19-9-5-7-17(34)15-19)22-12-2-4-14-24(22)37-20-10-6-8-18(35)16-20/h1-16,36-37H,34-35H2. The fraction of sp³-hybridized carbons (Fsp3) is 0.111. The van der Waals surface area contributed by atoms with Gasteiger partial charge in [0, 0.05) is 45.3 Å². The van der Waals surface area contributed by atoms with E-state index in [2.05, 4.69) is 10.6 Å². The second-order valence-corrected chi connectivity index (χ2v) is 8.34. The van der Waals surface area contributed by atoms with Crippen LogP contribution in [0.4, 0.5) is 60.5 Å². The summed E-state index contributed by atoms with van der Waals surface area (Å²) in [6.07, 6.45) is -11.6. The highest BCUT2D eigenvalue weighted by Gasteiger charge is 2.73. The molecule has 4 rings (SSSR count). The van der Waals surface area contributed by atoms with Gasteiger partial charge in [0.2, 0.25) is 5.41 Å². The van der Waals surface area contributed by atoms with E-state index in [0.717, 1.165) is 24.3 Å². The van der Waals surface area contributed by atoms with Gasteiger partial charge in [0.25, 0.3) is 0 Å². The molecular formula is C27H22F6N4. The van der Waals surface area contributed by atoms with E-state index in [1.807, 2.05) is 0 Å². The summed E-state index contributed by atoms with van der Waals surface area (Å²) in [6.45, 7) is 0. The quantitative estimate of drug-likeness (QED) is 0.156. The van der Waals surface area contributed by atoms with Gasteiger partial charge in [-0.05, 0) is 48.5 Å². The zero-order chi connectivity index (χ0) is 26.8. The lowest BCUT2D eigenvalue weighted by Gasteiger charge is -2.40. The molecule has 0 spiro atoms. The third-order valence-corrected chi connectivity index (χ3v) is 5.84. The number of anilines is 6. The van der Waals surface area contributed by atoms with Gasteiger partial charge >= 0.3 is 12.4 Å². The third-order valence-electron chi connectivity index (χ3n) is 5.84. The molecule has 192 valence electrons. The number of nitrogens with two attached hydrogens (primary N) is 2. The van der Waals surface area contributed by atoms with Gasteiger partial charge in [0.1, 0.15) is 0 Å². The Bertz CT molecular complexity index is 1290. The summed E-state index contributed by atoms with van der Waals surface area (Å²) in [5.74, 6) is 0. The molecule has 0 aliphatic carbocycles. The van der Waals surface area contributed by atoms with E-state index in [9.17, 15) is 26.3 Å². The Balaban J connectivity index is 1.99. The van der Waals surface area contributed by atoms with E-state index in [4.69, 9.17) is 11.5 Å². The van der Waals surface area contributed by atoms with Crippen LogP contribution < -0.4 is 22.1 Å². The fourth-order valence-electron chi connectivity index (χ4n) is 4.30. The number of benzene rings is 4. The molecule has 0 aliphatic rings. The number of nitrogen functional groups attached to an aromatic ring is 2.